The highest BCUT2D eigenvalue weighted by atomic mass is 14.4. The SMILES string of the molecule is CCC1CC1C=C1CCC1. The molecule has 0 spiro atoms. The van der Waals surface area contributed by atoms with E-state index >= 15 is 0 Å². The van der Waals surface area contributed by atoms with Gasteiger partial charge >= 0.3 is 0 Å². The second kappa shape index (κ2) is 2.41. The van der Waals surface area contributed by atoms with Crippen LogP contribution >= 0.6 is 0 Å². The summed E-state index contributed by atoms with van der Waals surface area (Å²) in [6, 6.07) is 0. The van der Waals surface area contributed by atoms with Crippen LogP contribution < -0.4 is 0 Å². The summed E-state index contributed by atoms with van der Waals surface area (Å²) >= 11 is 0. The molecule has 0 aromatic carbocycles. The predicted octanol–water partition coefficient (Wildman–Crippen LogP) is 3.14. The molecular formula is C10H16. The Morgan fingerprint density at radius 3 is 2.70 bits per heavy atom. The second-order valence-electron chi connectivity index (χ2n) is 3.75. The smallest absolute Gasteiger partial charge is 0.0200 e. The van der Waals surface area contributed by atoms with Crippen LogP contribution in [0.2, 0.25) is 0 Å². The van der Waals surface area contributed by atoms with Crippen molar-refractivity contribution in [3.8, 4) is 0 Å². The van der Waals surface area contributed by atoms with Crippen molar-refractivity contribution in [1.29, 1.82) is 0 Å². The van der Waals surface area contributed by atoms with Crippen molar-refractivity contribution in [2.75, 3.05) is 0 Å². The van der Waals surface area contributed by atoms with E-state index in [0.29, 0.717) is 0 Å². The minimum atomic E-state index is 1.00. The Kier molecular flexibility index (Phi) is 1.55. The summed E-state index contributed by atoms with van der Waals surface area (Å²) < 4.78 is 0. The van der Waals surface area contributed by atoms with Crippen molar-refractivity contribution < 1.29 is 0 Å². The highest BCUT2D eigenvalue weighted by Gasteiger charge is 2.33. The van der Waals surface area contributed by atoms with Gasteiger partial charge in [-0.1, -0.05) is 25.0 Å². The number of hydrogen-bond donors (Lipinski definition) is 0. The summed E-state index contributed by atoms with van der Waals surface area (Å²) in [4.78, 5) is 0. The maximum atomic E-state index is 2.55. The first-order valence-electron chi connectivity index (χ1n) is 4.59. The average Bonchev–Trinajstić information content (AvgIpc) is 2.57. The summed E-state index contributed by atoms with van der Waals surface area (Å²) in [5.74, 6) is 2.06. The first kappa shape index (κ1) is 6.45. The van der Waals surface area contributed by atoms with Crippen LogP contribution in [-0.2, 0) is 0 Å². The Hall–Kier alpha value is -0.260. The van der Waals surface area contributed by atoms with Crippen LogP contribution in [0, 0.1) is 11.8 Å². The normalized spacial score (nSPS) is 37.1. The molecule has 2 unspecified atom stereocenters. The van der Waals surface area contributed by atoms with E-state index in [-0.39, 0.29) is 0 Å². The molecule has 0 saturated heterocycles. The maximum Gasteiger partial charge on any atom is -0.0200 e. The van der Waals surface area contributed by atoms with Gasteiger partial charge in [0.2, 0.25) is 0 Å². The topological polar surface area (TPSA) is 0 Å². The van der Waals surface area contributed by atoms with Gasteiger partial charge in [-0.05, 0) is 37.5 Å². The van der Waals surface area contributed by atoms with Crippen LogP contribution in [0.15, 0.2) is 11.6 Å². The molecule has 0 aliphatic heterocycles. The fraction of sp³-hybridized carbons (Fsp3) is 0.800. The van der Waals surface area contributed by atoms with Crippen LogP contribution in [0.25, 0.3) is 0 Å². The Morgan fingerprint density at radius 1 is 1.50 bits per heavy atom. The monoisotopic (exact) mass is 136 g/mol. The lowest BCUT2D eigenvalue weighted by Crippen LogP contribution is -1.96. The fourth-order valence-corrected chi connectivity index (χ4v) is 1.79. The van der Waals surface area contributed by atoms with Gasteiger partial charge in [0.1, 0.15) is 0 Å². The molecular weight excluding hydrogens is 120 g/mol. The van der Waals surface area contributed by atoms with E-state index < -0.39 is 0 Å². The maximum absolute atomic E-state index is 2.55. The summed E-state index contributed by atoms with van der Waals surface area (Å²) in [5.41, 5.74) is 1.75. The van der Waals surface area contributed by atoms with Gasteiger partial charge in [-0.2, -0.15) is 0 Å². The van der Waals surface area contributed by atoms with Gasteiger partial charge in [0.05, 0.1) is 0 Å². The summed E-state index contributed by atoms with van der Waals surface area (Å²) in [7, 11) is 0. The minimum absolute atomic E-state index is 1.00. The van der Waals surface area contributed by atoms with E-state index in [0.717, 1.165) is 11.8 Å². The number of hydrogen-bond acceptors (Lipinski definition) is 0. The van der Waals surface area contributed by atoms with E-state index in [1.54, 1.807) is 5.57 Å². The van der Waals surface area contributed by atoms with Gasteiger partial charge < -0.3 is 0 Å². The van der Waals surface area contributed by atoms with Gasteiger partial charge in [-0.3, -0.25) is 0 Å². The van der Waals surface area contributed by atoms with Crippen molar-refractivity contribution in [3.63, 3.8) is 0 Å². The van der Waals surface area contributed by atoms with E-state index in [4.69, 9.17) is 0 Å². The molecule has 0 amide bonds. The van der Waals surface area contributed by atoms with Gasteiger partial charge in [0.25, 0.3) is 0 Å². The zero-order valence-electron chi connectivity index (χ0n) is 6.77. The summed E-state index contributed by atoms with van der Waals surface area (Å²) in [5, 5.41) is 0. The van der Waals surface area contributed by atoms with Gasteiger partial charge in [0, 0.05) is 0 Å². The Balaban J connectivity index is 1.81. The highest BCUT2D eigenvalue weighted by Crippen LogP contribution is 2.44. The molecule has 10 heavy (non-hydrogen) atoms. The first-order chi connectivity index (χ1) is 4.90. The lowest BCUT2D eigenvalue weighted by molar-refractivity contribution is 0.647. The van der Waals surface area contributed by atoms with Crippen LogP contribution in [0.4, 0.5) is 0 Å². The molecule has 56 valence electrons. The predicted molar refractivity (Wildman–Crippen MR) is 43.8 cm³/mol. The van der Waals surface area contributed by atoms with E-state index in [9.17, 15) is 0 Å². The van der Waals surface area contributed by atoms with Crippen molar-refractivity contribution in [1.82, 2.24) is 0 Å². The molecule has 0 N–H and O–H groups in total. The number of allylic oxidation sites excluding steroid dienone is 2. The van der Waals surface area contributed by atoms with Crippen LogP contribution in [0.3, 0.4) is 0 Å². The van der Waals surface area contributed by atoms with Gasteiger partial charge in [0.15, 0.2) is 0 Å². The number of rotatable bonds is 2. The molecule has 0 aromatic rings. The molecule has 0 heteroatoms. The van der Waals surface area contributed by atoms with Crippen molar-refractivity contribution >= 4 is 0 Å². The molecule has 0 radical (unpaired) electrons. The average molecular weight is 136 g/mol. The van der Waals surface area contributed by atoms with Crippen LogP contribution in [-0.4, -0.2) is 0 Å². The third kappa shape index (κ3) is 1.12. The lowest BCUT2D eigenvalue weighted by atomic mass is 9.91. The summed E-state index contributed by atoms with van der Waals surface area (Å²) in [6.45, 7) is 2.31. The van der Waals surface area contributed by atoms with E-state index in [1.165, 1.54) is 32.1 Å². The van der Waals surface area contributed by atoms with Crippen LogP contribution in [0.5, 0.6) is 0 Å². The fourth-order valence-electron chi connectivity index (χ4n) is 1.79. The lowest BCUT2D eigenvalue weighted by Gasteiger charge is -2.15. The molecule has 2 atom stereocenters. The molecule has 0 heterocycles. The molecule has 2 saturated carbocycles. The molecule has 2 aliphatic rings. The zero-order chi connectivity index (χ0) is 6.97. The van der Waals surface area contributed by atoms with Crippen molar-refractivity contribution in [2.45, 2.75) is 39.0 Å². The molecule has 0 bridgehead atoms. The van der Waals surface area contributed by atoms with Crippen molar-refractivity contribution in [3.05, 3.63) is 11.6 Å². The van der Waals surface area contributed by atoms with Gasteiger partial charge in [-0.25, -0.2) is 0 Å². The van der Waals surface area contributed by atoms with Crippen LogP contribution in [0.1, 0.15) is 39.0 Å². The van der Waals surface area contributed by atoms with Gasteiger partial charge in [-0.15, -0.1) is 0 Å². The highest BCUT2D eigenvalue weighted by molar-refractivity contribution is 5.15. The largest absolute Gasteiger partial charge is 0.0819 e. The Morgan fingerprint density at radius 2 is 2.30 bits per heavy atom. The summed E-state index contributed by atoms with van der Waals surface area (Å²) in [6.07, 6.45) is 9.71. The second-order valence-corrected chi connectivity index (χ2v) is 3.75. The third-order valence-corrected chi connectivity index (χ3v) is 2.95. The first-order valence-corrected chi connectivity index (χ1v) is 4.59. The zero-order valence-corrected chi connectivity index (χ0v) is 6.77. The van der Waals surface area contributed by atoms with E-state index in [1.807, 2.05) is 0 Å². The molecule has 0 aromatic heterocycles. The Bertz CT molecular complexity index is 149. The van der Waals surface area contributed by atoms with Crippen molar-refractivity contribution in [2.24, 2.45) is 11.8 Å². The molecule has 2 aliphatic carbocycles. The third-order valence-electron chi connectivity index (χ3n) is 2.95. The Labute approximate surface area is 63.3 Å². The minimum Gasteiger partial charge on any atom is -0.0819 e. The quantitative estimate of drug-likeness (QED) is 0.511. The molecule has 2 rings (SSSR count). The molecule has 2 fully saturated rings. The standard InChI is InChI=1S/C10H16/c1-2-9-7-10(9)6-8-4-3-5-8/h6,9-10H,2-5,7H2,1H3. The molecule has 0 nitrogen and oxygen atoms in total. The van der Waals surface area contributed by atoms with E-state index in [2.05, 4.69) is 13.0 Å².